The number of amidine groups is 1. The Labute approximate surface area is 141 Å². The highest BCUT2D eigenvalue weighted by molar-refractivity contribution is 5.96. The monoisotopic (exact) mass is 314 g/mol. The second-order valence-electron chi connectivity index (χ2n) is 5.67. The molecule has 0 aromatic heterocycles. The Morgan fingerprint density at radius 2 is 1.33 bits per heavy atom. The standard InChI is InChI=1S/C21H18N2O/c1-4-10-17(11-5-1)20-16-24-21(22-18-12-6-2-7-13-18)23(20)19-14-8-3-9-15-19/h1-15,20H,16H2. The van der Waals surface area contributed by atoms with Crippen molar-refractivity contribution >= 4 is 17.4 Å². The Morgan fingerprint density at radius 3 is 2.00 bits per heavy atom. The van der Waals surface area contributed by atoms with E-state index in [1.54, 1.807) is 0 Å². The van der Waals surface area contributed by atoms with Gasteiger partial charge in [-0.1, -0.05) is 66.7 Å². The average Bonchev–Trinajstić information content (AvgIpc) is 3.07. The predicted octanol–water partition coefficient (Wildman–Crippen LogP) is 4.95. The summed E-state index contributed by atoms with van der Waals surface area (Å²) in [6, 6.07) is 31.4. The van der Waals surface area contributed by atoms with Crippen LogP contribution in [0.2, 0.25) is 0 Å². The molecule has 3 aromatic carbocycles. The van der Waals surface area contributed by atoms with E-state index in [1.165, 1.54) is 5.56 Å². The van der Waals surface area contributed by atoms with Gasteiger partial charge < -0.3 is 4.74 Å². The third kappa shape index (κ3) is 2.88. The van der Waals surface area contributed by atoms with E-state index >= 15 is 0 Å². The maximum absolute atomic E-state index is 5.97. The van der Waals surface area contributed by atoms with Crippen molar-refractivity contribution < 1.29 is 4.74 Å². The van der Waals surface area contributed by atoms with E-state index in [4.69, 9.17) is 9.73 Å². The number of para-hydroxylation sites is 2. The molecule has 4 rings (SSSR count). The Balaban J connectivity index is 1.76. The van der Waals surface area contributed by atoms with Crippen molar-refractivity contribution in [2.75, 3.05) is 11.5 Å². The first-order valence-corrected chi connectivity index (χ1v) is 8.07. The average molecular weight is 314 g/mol. The van der Waals surface area contributed by atoms with E-state index < -0.39 is 0 Å². The summed E-state index contributed by atoms with van der Waals surface area (Å²) < 4.78 is 5.97. The first-order chi connectivity index (χ1) is 11.9. The number of hydrogen-bond acceptors (Lipinski definition) is 2. The molecule has 118 valence electrons. The normalized spacial score (nSPS) is 18.6. The van der Waals surface area contributed by atoms with Crippen LogP contribution in [0, 0.1) is 0 Å². The van der Waals surface area contributed by atoms with E-state index in [-0.39, 0.29) is 6.04 Å². The van der Waals surface area contributed by atoms with Crippen LogP contribution in [0.15, 0.2) is 96.0 Å². The Kier molecular flexibility index (Phi) is 3.98. The van der Waals surface area contributed by atoms with Crippen LogP contribution < -0.4 is 4.90 Å². The van der Waals surface area contributed by atoms with Gasteiger partial charge in [0.15, 0.2) is 0 Å². The van der Waals surface area contributed by atoms with E-state index in [9.17, 15) is 0 Å². The van der Waals surface area contributed by atoms with Gasteiger partial charge in [0.1, 0.15) is 6.61 Å². The third-order valence-electron chi connectivity index (χ3n) is 4.09. The lowest BCUT2D eigenvalue weighted by Crippen LogP contribution is -2.28. The number of anilines is 1. The quantitative estimate of drug-likeness (QED) is 0.683. The number of rotatable bonds is 3. The van der Waals surface area contributed by atoms with Gasteiger partial charge in [0.2, 0.25) is 0 Å². The Hall–Kier alpha value is -3.07. The third-order valence-corrected chi connectivity index (χ3v) is 4.09. The largest absolute Gasteiger partial charge is 0.462 e. The molecule has 3 aromatic rings. The molecule has 0 saturated carbocycles. The summed E-state index contributed by atoms with van der Waals surface area (Å²) in [5.74, 6) is 0. The lowest BCUT2D eigenvalue weighted by Gasteiger charge is -2.23. The molecule has 1 aliphatic heterocycles. The second-order valence-corrected chi connectivity index (χ2v) is 5.67. The lowest BCUT2D eigenvalue weighted by atomic mass is 10.1. The maximum atomic E-state index is 5.97. The molecule has 0 amide bonds. The molecule has 1 saturated heterocycles. The van der Waals surface area contributed by atoms with Crippen molar-refractivity contribution in [2.24, 2.45) is 4.99 Å². The van der Waals surface area contributed by atoms with Crippen LogP contribution in [-0.2, 0) is 4.74 Å². The van der Waals surface area contributed by atoms with Gasteiger partial charge in [-0.25, -0.2) is 0 Å². The Bertz CT molecular complexity index is 816. The zero-order chi connectivity index (χ0) is 16.2. The van der Waals surface area contributed by atoms with Crippen LogP contribution in [0.3, 0.4) is 0 Å². The molecule has 1 atom stereocenters. The minimum atomic E-state index is 0.121. The van der Waals surface area contributed by atoms with Crippen LogP contribution in [0.4, 0.5) is 11.4 Å². The Morgan fingerprint density at radius 1 is 0.750 bits per heavy atom. The predicted molar refractivity (Wildman–Crippen MR) is 97.6 cm³/mol. The molecule has 0 N–H and O–H groups in total. The van der Waals surface area contributed by atoms with E-state index in [0.29, 0.717) is 12.6 Å². The molecule has 0 radical (unpaired) electrons. The number of ether oxygens (including phenoxy) is 1. The molecule has 0 spiro atoms. The summed E-state index contributed by atoms with van der Waals surface area (Å²) in [7, 11) is 0. The fraction of sp³-hybridized carbons (Fsp3) is 0.0952. The molecule has 0 aliphatic carbocycles. The fourth-order valence-corrected chi connectivity index (χ4v) is 2.93. The summed E-state index contributed by atoms with van der Waals surface area (Å²) >= 11 is 0. The molecular formula is C21H18N2O. The van der Waals surface area contributed by atoms with E-state index in [2.05, 4.69) is 41.3 Å². The smallest absolute Gasteiger partial charge is 0.297 e. The minimum absolute atomic E-state index is 0.121. The second kappa shape index (κ2) is 6.59. The molecule has 24 heavy (non-hydrogen) atoms. The van der Waals surface area contributed by atoms with E-state index in [1.807, 2.05) is 54.6 Å². The number of nitrogens with zero attached hydrogens (tertiary/aromatic N) is 2. The number of aliphatic imine (C=N–C) groups is 1. The van der Waals surface area contributed by atoms with Crippen molar-refractivity contribution in [3.8, 4) is 0 Å². The van der Waals surface area contributed by atoms with Crippen molar-refractivity contribution in [3.63, 3.8) is 0 Å². The molecule has 3 heteroatoms. The van der Waals surface area contributed by atoms with Gasteiger partial charge >= 0.3 is 0 Å². The van der Waals surface area contributed by atoms with E-state index in [0.717, 1.165) is 11.4 Å². The van der Waals surface area contributed by atoms with Crippen molar-refractivity contribution in [2.45, 2.75) is 6.04 Å². The lowest BCUT2D eigenvalue weighted by molar-refractivity contribution is 0.328. The zero-order valence-corrected chi connectivity index (χ0v) is 13.2. The van der Waals surface area contributed by atoms with Gasteiger partial charge in [0, 0.05) is 5.69 Å². The first kappa shape index (κ1) is 14.5. The summed E-state index contributed by atoms with van der Waals surface area (Å²) in [5.41, 5.74) is 3.19. The summed E-state index contributed by atoms with van der Waals surface area (Å²) in [6.45, 7) is 0.588. The van der Waals surface area contributed by atoms with Crippen LogP contribution in [-0.4, -0.2) is 12.6 Å². The van der Waals surface area contributed by atoms with Gasteiger partial charge in [-0.15, -0.1) is 0 Å². The highest BCUT2D eigenvalue weighted by atomic mass is 16.5. The molecule has 1 fully saturated rings. The maximum Gasteiger partial charge on any atom is 0.297 e. The number of hydrogen-bond donors (Lipinski definition) is 0. The van der Waals surface area contributed by atoms with Gasteiger partial charge in [0.05, 0.1) is 11.7 Å². The van der Waals surface area contributed by atoms with Crippen LogP contribution in [0.1, 0.15) is 11.6 Å². The highest BCUT2D eigenvalue weighted by Gasteiger charge is 2.33. The molecular weight excluding hydrogens is 296 g/mol. The first-order valence-electron chi connectivity index (χ1n) is 8.07. The zero-order valence-electron chi connectivity index (χ0n) is 13.2. The van der Waals surface area contributed by atoms with Crippen molar-refractivity contribution in [3.05, 3.63) is 96.6 Å². The van der Waals surface area contributed by atoms with Crippen LogP contribution >= 0.6 is 0 Å². The molecule has 1 heterocycles. The van der Waals surface area contributed by atoms with Crippen LogP contribution in [0.5, 0.6) is 0 Å². The van der Waals surface area contributed by atoms with Crippen molar-refractivity contribution in [1.82, 2.24) is 0 Å². The molecule has 1 aliphatic rings. The highest BCUT2D eigenvalue weighted by Crippen LogP contribution is 2.33. The topological polar surface area (TPSA) is 24.8 Å². The fourth-order valence-electron chi connectivity index (χ4n) is 2.93. The molecule has 1 unspecified atom stereocenters. The number of benzene rings is 3. The summed E-state index contributed by atoms with van der Waals surface area (Å²) in [6.07, 6.45) is 0. The molecule has 3 nitrogen and oxygen atoms in total. The van der Waals surface area contributed by atoms with Crippen molar-refractivity contribution in [1.29, 1.82) is 0 Å². The van der Waals surface area contributed by atoms with Crippen LogP contribution in [0.25, 0.3) is 0 Å². The van der Waals surface area contributed by atoms with Gasteiger partial charge in [-0.05, 0) is 29.8 Å². The molecule has 0 bridgehead atoms. The van der Waals surface area contributed by atoms with Gasteiger partial charge in [-0.2, -0.15) is 4.99 Å². The SMILES string of the molecule is c1ccc(N=C2OCC(c3ccccc3)N2c2ccccc2)cc1. The summed E-state index contributed by atoms with van der Waals surface area (Å²) in [4.78, 5) is 6.88. The van der Waals surface area contributed by atoms with Gasteiger partial charge in [-0.3, -0.25) is 4.90 Å². The summed E-state index contributed by atoms with van der Waals surface area (Å²) in [5, 5.41) is 0. The minimum Gasteiger partial charge on any atom is -0.462 e. The van der Waals surface area contributed by atoms with Gasteiger partial charge in [0.25, 0.3) is 6.02 Å².